The molecular formula is C24H33N5O2. The van der Waals surface area contributed by atoms with Gasteiger partial charge in [0.15, 0.2) is 5.69 Å². The predicted octanol–water partition coefficient (Wildman–Crippen LogP) is 2.84. The van der Waals surface area contributed by atoms with Gasteiger partial charge >= 0.3 is 0 Å². The van der Waals surface area contributed by atoms with Crippen molar-refractivity contribution in [1.29, 1.82) is 0 Å². The Labute approximate surface area is 184 Å². The standard InChI is InChI=1S/C24H33N5O2/c1-19-7-9-20(10-8-19)18-28-14-6-15-29-22(24(28)31)17-21(26-29)23(30)25-11-16-27-12-4-2-3-5-13-27/h7-10,17H,2-6,11-16,18H2,1H3,(H,25,30). The molecule has 1 aromatic heterocycles. The van der Waals surface area contributed by atoms with Crippen LogP contribution in [-0.4, -0.2) is 64.1 Å². The van der Waals surface area contributed by atoms with Gasteiger partial charge in [0.25, 0.3) is 11.8 Å². The van der Waals surface area contributed by atoms with E-state index in [1.54, 1.807) is 10.7 Å². The maximum absolute atomic E-state index is 13.1. The molecule has 0 bridgehead atoms. The Bertz CT molecular complexity index is 897. The second-order valence-electron chi connectivity index (χ2n) is 8.72. The van der Waals surface area contributed by atoms with Gasteiger partial charge in [-0.1, -0.05) is 42.7 Å². The minimum absolute atomic E-state index is 0.0609. The van der Waals surface area contributed by atoms with E-state index in [1.165, 1.54) is 31.2 Å². The zero-order valence-electron chi connectivity index (χ0n) is 18.5. The molecule has 0 aliphatic carbocycles. The molecule has 0 radical (unpaired) electrons. The molecule has 1 saturated heterocycles. The summed E-state index contributed by atoms with van der Waals surface area (Å²) in [4.78, 5) is 30.0. The fourth-order valence-corrected chi connectivity index (χ4v) is 4.39. The third kappa shape index (κ3) is 5.53. The molecular weight excluding hydrogens is 390 g/mol. The van der Waals surface area contributed by atoms with Gasteiger partial charge < -0.3 is 15.1 Å². The largest absolute Gasteiger partial charge is 0.349 e. The minimum Gasteiger partial charge on any atom is -0.349 e. The van der Waals surface area contributed by atoms with Crippen molar-refractivity contribution in [2.45, 2.75) is 52.1 Å². The maximum atomic E-state index is 13.1. The molecule has 2 aromatic rings. The monoisotopic (exact) mass is 423 g/mol. The first-order valence-corrected chi connectivity index (χ1v) is 11.5. The first-order chi connectivity index (χ1) is 15.1. The molecule has 7 nitrogen and oxygen atoms in total. The Balaban J connectivity index is 1.36. The van der Waals surface area contributed by atoms with E-state index in [1.807, 2.05) is 4.90 Å². The fourth-order valence-electron chi connectivity index (χ4n) is 4.39. The number of aryl methyl sites for hydroxylation is 2. The van der Waals surface area contributed by atoms with E-state index >= 15 is 0 Å². The molecule has 7 heteroatoms. The number of carbonyl (C=O) groups excluding carboxylic acids is 2. The third-order valence-electron chi connectivity index (χ3n) is 6.22. The lowest BCUT2D eigenvalue weighted by atomic mass is 10.1. The van der Waals surface area contributed by atoms with E-state index in [9.17, 15) is 9.59 Å². The second-order valence-corrected chi connectivity index (χ2v) is 8.72. The summed E-state index contributed by atoms with van der Waals surface area (Å²) in [6, 6.07) is 9.91. The highest BCUT2D eigenvalue weighted by Gasteiger charge is 2.26. The quantitative estimate of drug-likeness (QED) is 0.776. The van der Waals surface area contributed by atoms with Crippen LogP contribution in [0.25, 0.3) is 0 Å². The molecule has 0 spiro atoms. The van der Waals surface area contributed by atoms with E-state index in [2.05, 4.69) is 46.5 Å². The third-order valence-corrected chi connectivity index (χ3v) is 6.22. The van der Waals surface area contributed by atoms with Crippen molar-refractivity contribution in [1.82, 2.24) is 24.9 Å². The maximum Gasteiger partial charge on any atom is 0.272 e. The van der Waals surface area contributed by atoms with Gasteiger partial charge in [0.05, 0.1) is 0 Å². The number of nitrogens with one attached hydrogen (secondary N) is 1. The molecule has 4 rings (SSSR count). The first kappa shape index (κ1) is 21.6. The van der Waals surface area contributed by atoms with Gasteiger partial charge in [-0.05, 0) is 44.8 Å². The summed E-state index contributed by atoms with van der Waals surface area (Å²) >= 11 is 0. The number of carbonyl (C=O) groups is 2. The highest BCUT2D eigenvalue weighted by atomic mass is 16.2. The van der Waals surface area contributed by atoms with E-state index in [0.717, 1.165) is 31.6 Å². The number of amides is 2. The van der Waals surface area contributed by atoms with Crippen LogP contribution in [0.4, 0.5) is 0 Å². The molecule has 0 unspecified atom stereocenters. The Hall–Kier alpha value is -2.67. The second kappa shape index (κ2) is 10.1. The summed E-state index contributed by atoms with van der Waals surface area (Å²) in [5.41, 5.74) is 3.15. The average molecular weight is 424 g/mol. The Morgan fingerprint density at radius 3 is 2.48 bits per heavy atom. The molecule has 166 valence electrons. The summed E-state index contributed by atoms with van der Waals surface area (Å²) in [6.45, 7) is 7.65. The summed E-state index contributed by atoms with van der Waals surface area (Å²) < 4.78 is 1.70. The van der Waals surface area contributed by atoms with Gasteiger partial charge in [-0.2, -0.15) is 5.10 Å². The Kier molecular flexibility index (Phi) is 7.02. The molecule has 1 N–H and O–H groups in total. The van der Waals surface area contributed by atoms with Gasteiger partial charge in [-0.25, -0.2) is 0 Å². The highest BCUT2D eigenvalue weighted by molar-refractivity contribution is 5.98. The zero-order chi connectivity index (χ0) is 21.6. The Morgan fingerprint density at radius 1 is 1.00 bits per heavy atom. The van der Waals surface area contributed by atoms with Gasteiger partial charge in [0.2, 0.25) is 0 Å². The molecule has 0 atom stereocenters. The average Bonchev–Trinajstić information content (AvgIpc) is 2.93. The van der Waals surface area contributed by atoms with Crippen LogP contribution in [0.3, 0.4) is 0 Å². The SMILES string of the molecule is Cc1ccc(CN2CCCn3nc(C(=O)NCCN4CCCCCC4)cc3C2=O)cc1. The topological polar surface area (TPSA) is 70.5 Å². The van der Waals surface area contributed by atoms with E-state index in [-0.39, 0.29) is 11.8 Å². The number of hydrogen-bond donors (Lipinski definition) is 1. The molecule has 0 saturated carbocycles. The van der Waals surface area contributed by atoms with Gasteiger partial charge in [0, 0.05) is 38.8 Å². The fraction of sp³-hybridized carbons (Fsp3) is 0.542. The Morgan fingerprint density at radius 2 is 1.74 bits per heavy atom. The minimum atomic E-state index is -0.201. The van der Waals surface area contributed by atoms with Crippen LogP contribution >= 0.6 is 0 Å². The molecule has 31 heavy (non-hydrogen) atoms. The van der Waals surface area contributed by atoms with Crippen LogP contribution in [0.15, 0.2) is 30.3 Å². The van der Waals surface area contributed by atoms with Crippen LogP contribution in [0.1, 0.15) is 64.2 Å². The van der Waals surface area contributed by atoms with Crippen LogP contribution in [-0.2, 0) is 13.1 Å². The number of likely N-dealkylation sites (tertiary alicyclic amines) is 1. The van der Waals surface area contributed by atoms with Crippen molar-refractivity contribution < 1.29 is 9.59 Å². The van der Waals surface area contributed by atoms with Crippen molar-refractivity contribution in [3.8, 4) is 0 Å². The molecule has 1 aromatic carbocycles. The number of rotatable bonds is 6. The summed E-state index contributed by atoms with van der Waals surface area (Å²) in [5, 5.41) is 7.42. The van der Waals surface area contributed by atoms with E-state index in [0.29, 0.717) is 37.6 Å². The molecule has 2 aliphatic rings. The number of nitrogens with zero attached hydrogens (tertiary/aromatic N) is 4. The number of benzene rings is 1. The van der Waals surface area contributed by atoms with Crippen molar-refractivity contribution in [3.63, 3.8) is 0 Å². The molecule has 3 heterocycles. The summed E-state index contributed by atoms with van der Waals surface area (Å²) in [6.07, 6.45) is 5.91. The van der Waals surface area contributed by atoms with Gasteiger partial charge in [-0.15, -0.1) is 0 Å². The van der Waals surface area contributed by atoms with Crippen molar-refractivity contribution in [2.75, 3.05) is 32.7 Å². The van der Waals surface area contributed by atoms with Crippen molar-refractivity contribution >= 4 is 11.8 Å². The van der Waals surface area contributed by atoms with Crippen LogP contribution < -0.4 is 5.32 Å². The lowest BCUT2D eigenvalue weighted by Gasteiger charge is -2.20. The van der Waals surface area contributed by atoms with Crippen molar-refractivity contribution in [3.05, 3.63) is 52.8 Å². The van der Waals surface area contributed by atoms with E-state index < -0.39 is 0 Å². The smallest absolute Gasteiger partial charge is 0.272 e. The zero-order valence-corrected chi connectivity index (χ0v) is 18.5. The normalized spacial score (nSPS) is 17.7. The molecule has 1 fully saturated rings. The summed E-state index contributed by atoms with van der Waals surface area (Å²) in [5.74, 6) is -0.262. The lowest BCUT2D eigenvalue weighted by Crippen LogP contribution is -2.35. The highest BCUT2D eigenvalue weighted by Crippen LogP contribution is 2.17. The number of hydrogen-bond acceptors (Lipinski definition) is 4. The van der Waals surface area contributed by atoms with Gasteiger partial charge in [0.1, 0.15) is 5.69 Å². The van der Waals surface area contributed by atoms with Crippen LogP contribution in [0.5, 0.6) is 0 Å². The molecule has 2 amide bonds. The van der Waals surface area contributed by atoms with Crippen LogP contribution in [0, 0.1) is 6.92 Å². The van der Waals surface area contributed by atoms with Crippen LogP contribution in [0.2, 0.25) is 0 Å². The van der Waals surface area contributed by atoms with E-state index in [4.69, 9.17) is 0 Å². The number of fused-ring (bicyclic) bond motifs is 1. The predicted molar refractivity (Wildman–Crippen MR) is 120 cm³/mol. The van der Waals surface area contributed by atoms with Crippen molar-refractivity contribution in [2.24, 2.45) is 0 Å². The number of aromatic nitrogens is 2. The molecule has 2 aliphatic heterocycles. The first-order valence-electron chi connectivity index (χ1n) is 11.5. The summed E-state index contributed by atoms with van der Waals surface area (Å²) in [7, 11) is 0. The lowest BCUT2D eigenvalue weighted by molar-refractivity contribution is 0.0745. The van der Waals surface area contributed by atoms with Gasteiger partial charge in [-0.3, -0.25) is 14.3 Å².